The molecule has 0 saturated heterocycles. The highest BCUT2D eigenvalue weighted by atomic mass is 16.5. The molecule has 1 saturated carbocycles. The smallest absolute Gasteiger partial charge is 0.306 e. The van der Waals surface area contributed by atoms with E-state index in [9.17, 15) is 15.0 Å². The van der Waals surface area contributed by atoms with Gasteiger partial charge in [0, 0.05) is 18.8 Å². The van der Waals surface area contributed by atoms with E-state index in [0.717, 1.165) is 31.4 Å². The summed E-state index contributed by atoms with van der Waals surface area (Å²) in [6.45, 7) is 4.47. The summed E-state index contributed by atoms with van der Waals surface area (Å²) < 4.78 is 16.9. The zero-order valence-corrected chi connectivity index (χ0v) is 19.8. The first-order valence-electron chi connectivity index (χ1n) is 12.1. The Labute approximate surface area is 197 Å². The highest BCUT2D eigenvalue weighted by Gasteiger charge is 2.42. The first-order chi connectivity index (χ1) is 15.9. The van der Waals surface area contributed by atoms with E-state index in [4.69, 9.17) is 14.2 Å². The number of hydrogen-bond acceptors (Lipinski definition) is 6. The Bertz CT molecular complexity index is 787. The van der Waals surface area contributed by atoms with Crippen LogP contribution < -0.4 is 4.74 Å². The molecule has 6 nitrogen and oxygen atoms in total. The lowest BCUT2D eigenvalue weighted by Gasteiger charge is -2.20. The summed E-state index contributed by atoms with van der Waals surface area (Å²) in [4.78, 5) is 11.7. The fourth-order valence-electron chi connectivity index (χ4n) is 4.58. The van der Waals surface area contributed by atoms with Crippen molar-refractivity contribution in [3.63, 3.8) is 0 Å². The molecule has 0 amide bonds. The van der Waals surface area contributed by atoms with Gasteiger partial charge in [-0.1, -0.05) is 36.4 Å². The van der Waals surface area contributed by atoms with Crippen molar-refractivity contribution in [1.82, 2.24) is 0 Å². The first-order valence-corrected chi connectivity index (χ1v) is 12.1. The number of aliphatic hydroxyl groups excluding tert-OH is 2. The molecule has 0 aromatic heterocycles. The van der Waals surface area contributed by atoms with Crippen LogP contribution in [0.15, 0.2) is 54.1 Å². The lowest BCUT2D eigenvalue weighted by Crippen LogP contribution is -2.22. The van der Waals surface area contributed by atoms with Gasteiger partial charge in [0.05, 0.1) is 24.9 Å². The molecule has 0 bridgehead atoms. The predicted octanol–water partition coefficient (Wildman–Crippen LogP) is 4.21. The highest BCUT2D eigenvalue weighted by Crippen LogP contribution is 2.40. The van der Waals surface area contributed by atoms with E-state index >= 15 is 0 Å². The molecule has 0 spiro atoms. The van der Waals surface area contributed by atoms with Crippen LogP contribution in [-0.4, -0.2) is 53.8 Å². The van der Waals surface area contributed by atoms with Crippen LogP contribution in [-0.2, 0) is 14.3 Å². The Balaban J connectivity index is 1.45. The van der Waals surface area contributed by atoms with Crippen molar-refractivity contribution in [1.29, 1.82) is 0 Å². The number of rotatable bonds is 11. The molecular weight excluding hydrogens is 420 g/mol. The Morgan fingerprint density at radius 3 is 2.79 bits per heavy atom. The Morgan fingerprint density at radius 2 is 2.03 bits per heavy atom. The van der Waals surface area contributed by atoms with Gasteiger partial charge < -0.3 is 24.4 Å². The van der Waals surface area contributed by atoms with Gasteiger partial charge in [-0.3, -0.25) is 4.79 Å². The second kappa shape index (κ2) is 12.9. The van der Waals surface area contributed by atoms with Gasteiger partial charge in [-0.25, -0.2) is 0 Å². The summed E-state index contributed by atoms with van der Waals surface area (Å²) in [6, 6.07) is 9.40. The van der Waals surface area contributed by atoms with Crippen LogP contribution in [0.5, 0.6) is 5.75 Å². The number of esters is 1. The fourth-order valence-corrected chi connectivity index (χ4v) is 4.58. The van der Waals surface area contributed by atoms with Crippen LogP contribution in [0.2, 0.25) is 0 Å². The lowest BCUT2D eigenvalue weighted by atomic mass is 9.89. The number of hydrogen-bond donors (Lipinski definition) is 2. The van der Waals surface area contributed by atoms with Gasteiger partial charge in [0.2, 0.25) is 0 Å². The SMILES string of the molecule is CC(C)OC(=O)CCCCC1=CC[C@H]2[C@H](CC(O)[C@@H]2/C=C/[C@@H](O)COc2ccccc2)OC1. The molecular formula is C27H38O6. The Hall–Kier alpha value is -2.15. The maximum Gasteiger partial charge on any atom is 0.306 e. The molecule has 2 N–H and O–H groups in total. The van der Waals surface area contributed by atoms with Crippen molar-refractivity contribution in [3.8, 4) is 5.75 Å². The molecule has 1 fully saturated rings. The third-order valence-electron chi connectivity index (χ3n) is 6.27. The van der Waals surface area contributed by atoms with Crippen molar-refractivity contribution in [3.05, 3.63) is 54.1 Å². The summed E-state index contributed by atoms with van der Waals surface area (Å²) in [5.41, 5.74) is 1.26. The molecule has 6 heteroatoms. The van der Waals surface area contributed by atoms with Crippen LogP contribution in [0.25, 0.3) is 0 Å². The largest absolute Gasteiger partial charge is 0.491 e. The van der Waals surface area contributed by atoms with E-state index < -0.39 is 12.2 Å². The predicted molar refractivity (Wildman–Crippen MR) is 127 cm³/mol. The molecule has 33 heavy (non-hydrogen) atoms. The second-order valence-electron chi connectivity index (χ2n) is 9.31. The van der Waals surface area contributed by atoms with E-state index in [2.05, 4.69) is 6.08 Å². The molecule has 1 aromatic rings. The molecule has 1 aliphatic carbocycles. The van der Waals surface area contributed by atoms with Crippen LogP contribution in [0, 0.1) is 11.8 Å². The normalized spacial score (nSPS) is 26.0. The lowest BCUT2D eigenvalue weighted by molar-refractivity contribution is -0.147. The molecule has 1 aliphatic heterocycles. The van der Waals surface area contributed by atoms with Crippen LogP contribution in [0.3, 0.4) is 0 Å². The van der Waals surface area contributed by atoms with Gasteiger partial charge in [0.25, 0.3) is 0 Å². The minimum atomic E-state index is -0.739. The summed E-state index contributed by atoms with van der Waals surface area (Å²) >= 11 is 0. The summed E-state index contributed by atoms with van der Waals surface area (Å²) in [7, 11) is 0. The quantitative estimate of drug-likeness (QED) is 0.294. The van der Waals surface area contributed by atoms with Crippen molar-refractivity contribution in [2.75, 3.05) is 13.2 Å². The van der Waals surface area contributed by atoms with E-state index in [0.29, 0.717) is 19.4 Å². The number of unbranched alkanes of at least 4 members (excludes halogenated alkanes) is 1. The zero-order chi connectivity index (χ0) is 23.6. The van der Waals surface area contributed by atoms with E-state index in [1.54, 1.807) is 6.08 Å². The highest BCUT2D eigenvalue weighted by molar-refractivity contribution is 5.69. The molecule has 1 aromatic carbocycles. The average molecular weight is 459 g/mol. The molecule has 182 valence electrons. The summed E-state index contributed by atoms with van der Waals surface area (Å²) in [5, 5.41) is 20.9. The number of allylic oxidation sites excluding steroid dienone is 1. The minimum Gasteiger partial charge on any atom is -0.491 e. The summed E-state index contributed by atoms with van der Waals surface area (Å²) in [6.07, 6.45) is 9.19. The molecule has 1 heterocycles. The molecule has 2 aliphatic rings. The molecule has 1 unspecified atom stereocenters. The Morgan fingerprint density at radius 1 is 1.24 bits per heavy atom. The summed E-state index contributed by atoms with van der Waals surface area (Å²) in [5.74, 6) is 0.725. The van der Waals surface area contributed by atoms with Gasteiger partial charge in [0.15, 0.2) is 0 Å². The third-order valence-corrected chi connectivity index (χ3v) is 6.27. The fraction of sp³-hybridized carbons (Fsp3) is 0.593. The van der Waals surface area contributed by atoms with Gasteiger partial charge in [0.1, 0.15) is 18.5 Å². The van der Waals surface area contributed by atoms with Gasteiger partial charge in [-0.2, -0.15) is 0 Å². The molecule has 0 radical (unpaired) electrons. The number of benzene rings is 1. The topological polar surface area (TPSA) is 85.2 Å². The second-order valence-corrected chi connectivity index (χ2v) is 9.31. The monoisotopic (exact) mass is 458 g/mol. The number of carbonyl (C=O) groups is 1. The molecule has 5 atom stereocenters. The van der Waals surface area contributed by atoms with Gasteiger partial charge in [-0.15, -0.1) is 0 Å². The standard InChI is InChI=1S/C27H38O6/c1-19(2)33-27(30)11-7-6-8-20-12-14-24-23(25(29)16-26(24)32-17-20)15-13-21(28)18-31-22-9-4-3-5-10-22/h3-5,9-10,12-13,15,19,21,23-26,28-29H,6-8,11,14,16-18H2,1-2H3/b15-13+/t21-,23-,24-,25?,26+/m1/s1. The number of ether oxygens (including phenoxy) is 3. The van der Waals surface area contributed by atoms with Crippen molar-refractivity contribution in [2.45, 2.75) is 76.8 Å². The number of fused-ring (bicyclic) bond motifs is 1. The number of para-hydroxylation sites is 1. The zero-order valence-electron chi connectivity index (χ0n) is 19.8. The van der Waals surface area contributed by atoms with Crippen LogP contribution in [0.1, 0.15) is 52.4 Å². The maximum absolute atomic E-state index is 11.7. The molecule has 3 rings (SSSR count). The van der Waals surface area contributed by atoms with Crippen molar-refractivity contribution in [2.24, 2.45) is 11.8 Å². The number of aliphatic hydroxyl groups is 2. The van der Waals surface area contributed by atoms with Crippen LogP contribution in [0.4, 0.5) is 0 Å². The van der Waals surface area contributed by atoms with Gasteiger partial charge >= 0.3 is 5.97 Å². The third kappa shape index (κ3) is 8.29. The van der Waals surface area contributed by atoms with Crippen molar-refractivity contribution < 1.29 is 29.2 Å². The van der Waals surface area contributed by atoms with Crippen LogP contribution >= 0.6 is 0 Å². The Kier molecular flexibility index (Phi) is 9.97. The number of carbonyl (C=O) groups excluding carboxylic acids is 1. The van der Waals surface area contributed by atoms with E-state index in [1.807, 2.05) is 50.3 Å². The first kappa shape index (κ1) is 25.5. The average Bonchev–Trinajstić information content (AvgIpc) is 2.95. The minimum absolute atomic E-state index is 0.0159. The van der Waals surface area contributed by atoms with E-state index in [1.165, 1.54) is 5.57 Å². The van der Waals surface area contributed by atoms with Gasteiger partial charge in [-0.05, 0) is 63.2 Å². The van der Waals surface area contributed by atoms with Crippen molar-refractivity contribution >= 4 is 5.97 Å². The maximum atomic E-state index is 11.7. The van der Waals surface area contributed by atoms with E-state index in [-0.39, 0.29) is 36.6 Å².